The molecule has 0 radical (unpaired) electrons. The van der Waals surface area contributed by atoms with Gasteiger partial charge in [-0.25, -0.2) is 4.57 Å². The molecule has 8 nitrogen and oxygen atoms in total. The lowest BCUT2D eigenvalue weighted by molar-refractivity contribution is -0.870. The third kappa shape index (κ3) is 49.2. The molecule has 0 saturated carbocycles. The van der Waals surface area contributed by atoms with Gasteiger partial charge in [0.05, 0.1) is 39.9 Å². The summed E-state index contributed by atoms with van der Waals surface area (Å²) < 4.78 is 23.6. The van der Waals surface area contributed by atoms with Crippen molar-refractivity contribution in [2.75, 3.05) is 40.9 Å². The summed E-state index contributed by atoms with van der Waals surface area (Å²) in [6.45, 7) is 4.67. The molecule has 0 spiro atoms. The van der Waals surface area contributed by atoms with E-state index in [1.807, 2.05) is 27.2 Å². The second-order valence-electron chi connectivity index (χ2n) is 18.5. The number of carbonyl (C=O) groups is 1. The molecule has 374 valence electrons. The molecule has 0 heterocycles. The molecule has 0 aliphatic rings. The van der Waals surface area contributed by atoms with E-state index in [4.69, 9.17) is 9.05 Å². The first kappa shape index (κ1) is 62.4. The molecule has 0 saturated heterocycles. The number of aliphatic hydroxyl groups excluding tert-OH is 1. The first-order valence-electron chi connectivity index (χ1n) is 26.1. The third-order valence-corrected chi connectivity index (χ3v) is 12.0. The fourth-order valence-corrected chi connectivity index (χ4v) is 7.70. The number of quaternary nitrogens is 1. The van der Waals surface area contributed by atoms with E-state index in [0.29, 0.717) is 17.4 Å². The van der Waals surface area contributed by atoms with Crippen molar-refractivity contribution in [3.63, 3.8) is 0 Å². The standard InChI is InChI=1S/C56H99N2O6P/c1-6-8-10-12-14-16-18-20-21-22-23-24-25-26-27-28-29-30-31-32-33-34-35-36-37-38-40-42-44-46-48-50-56(60)57-54(53-64-65(61,62)63-52-51-58(3,4)5)55(59)49-47-45-43-41-39-19-17-15-13-11-9-7-2/h8,10,14,16,20-21,23-24,26-27,29-30,32-33,47,49,54-55,59H,6-7,9,11-13,15,17-19,22,25,28,31,34-46,48,50-53H2,1-5H3,(H-,57,60,61,62)/p+1/b10-8-,16-14-,21-20-,24-23-,27-26-,30-29-,33-32-,49-47+. The van der Waals surface area contributed by atoms with E-state index in [0.717, 1.165) is 89.9 Å². The zero-order chi connectivity index (χ0) is 47.8. The van der Waals surface area contributed by atoms with Crippen LogP contribution in [-0.2, 0) is 18.4 Å². The van der Waals surface area contributed by atoms with Crippen LogP contribution in [0.15, 0.2) is 97.2 Å². The van der Waals surface area contributed by atoms with Gasteiger partial charge in [-0.3, -0.25) is 13.8 Å². The maximum atomic E-state index is 12.9. The van der Waals surface area contributed by atoms with Crippen molar-refractivity contribution in [3.8, 4) is 0 Å². The number of carbonyl (C=O) groups excluding carboxylic acids is 1. The Labute approximate surface area is 400 Å². The second kappa shape index (κ2) is 46.5. The lowest BCUT2D eigenvalue weighted by Gasteiger charge is -2.25. The number of hydrogen-bond acceptors (Lipinski definition) is 5. The van der Waals surface area contributed by atoms with Gasteiger partial charge in [-0.2, -0.15) is 0 Å². The summed E-state index contributed by atoms with van der Waals surface area (Å²) in [4.78, 5) is 23.2. The minimum absolute atomic E-state index is 0.0556. The van der Waals surface area contributed by atoms with Crippen LogP contribution in [0.3, 0.4) is 0 Å². The fourth-order valence-electron chi connectivity index (χ4n) is 6.96. The number of unbranched alkanes of at least 4 members (excludes halogenated alkanes) is 19. The number of nitrogens with one attached hydrogen (secondary N) is 1. The normalized spacial score (nSPS) is 14.9. The number of nitrogens with zero attached hydrogens (tertiary/aromatic N) is 1. The van der Waals surface area contributed by atoms with Crippen LogP contribution >= 0.6 is 7.82 Å². The van der Waals surface area contributed by atoms with Crippen LogP contribution < -0.4 is 5.32 Å². The molecule has 0 aromatic rings. The van der Waals surface area contributed by atoms with Gasteiger partial charge in [-0.1, -0.05) is 214 Å². The minimum atomic E-state index is -4.35. The molecule has 0 fully saturated rings. The van der Waals surface area contributed by atoms with Gasteiger partial charge in [0.15, 0.2) is 0 Å². The van der Waals surface area contributed by atoms with E-state index in [-0.39, 0.29) is 19.1 Å². The van der Waals surface area contributed by atoms with Gasteiger partial charge < -0.3 is 19.8 Å². The van der Waals surface area contributed by atoms with E-state index in [9.17, 15) is 19.4 Å². The summed E-state index contributed by atoms with van der Waals surface area (Å²) in [5.41, 5.74) is 0. The third-order valence-electron chi connectivity index (χ3n) is 11.1. The van der Waals surface area contributed by atoms with Crippen LogP contribution in [0.4, 0.5) is 0 Å². The van der Waals surface area contributed by atoms with E-state index in [1.54, 1.807) is 6.08 Å². The molecule has 0 aromatic carbocycles. The molecule has 0 aliphatic carbocycles. The van der Waals surface area contributed by atoms with E-state index < -0.39 is 20.0 Å². The number of phosphoric acid groups is 1. The molecule has 3 unspecified atom stereocenters. The van der Waals surface area contributed by atoms with Crippen LogP contribution in [0.25, 0.3) is 0 Å². The number of allylic oxidation sites excluding steroid dienone is 15. The first-order valence-corrected chi connectivity index (χ1v) is 27.6. The summed E-state index contributed by atoms with van der Waals surface area (Å²) >= 11 is 0. The molecule has 3 atom stereocenters. The van der Waals surface area contributed by atoms with Gasteiger partial charge in [0.2, 0.25) is 5.91 Å². The van der Waals surface area contributed by atoms with Gasteiger partial charge in [0.25, 0.3) is 0 Å². The Hall–Kier alpha value is -2.58. The summed E-state index contributed by atoms with van der Waals surface area (Å²) in [5.74, 6) is -0.189. The van der Waals surface area contributed by atoms with E-state index in [2.05, 4.69) is 104 Å². The number of amides is 1. The zero-order valence-corrected chi connectivity index (χ0v) is 43.3. The smallest absolute Gasteiger partial charge is 0.387 e. The van der Waals surface area contributed by atoms with Crippen molar-refractivity contribution >= 4 is 13.7 Å². The second-order valence-corrected chi connectivity index (χ2v) is 20.0. The lowest BCUT2D eigenvalue weighted by atomic mass is 10.0. The van der Waals surface area contributed by atoms with Crippen molar-refractivity contribution in [2.45, 2.75) is 212 Å². The predicted octanol–water partition coefficient (Wildman–Crippen LogP) is 15.5. The molecular weight excluding hydrogens is 828 g/mol. The Morgan fingerprint density at radius 1 is 0.538 bits per heavy atom. The van der Waals surface area contributed by atoms with Crippen molar-refractivity contribution in [1.82, 2.24) is 5.32 Å². The van der Waals surface area contributed by atoms with Crippen LogP contribution in [0.1, 0.15) is 200 Å². The zero-order valence-electron chi connectivity index (χ0n) is 42.4. The quantitative estimate of drug-likeness (QED) is 0.0243. The Morgan fingerprint density at radius 3 is 1.35 bits per heavy atom. The fraction of sp³-hybridized carbons (Fsp3) is 0.696. The number of likely N-dealkylation sites (N-methyl/N-ethyl adjacent to an activating group) is 1. The highest BCUT2D eigenvalue weighted by molar-refractivity contribution is 7.47. The number of aliphatic hydroxyl groups is 1. The Bertz CT molecular complexity index is 1370. The lowest BCUT2D eigenvalue weighted by Crippen LogP contribution is -2.45. The highest BCUT2D eigenvalue weighted by Gasteiger charge is 2.27. The van der Waals surface area contributed by atoms with Gasteiger partial charge in [0.1, 0.15) is 13.2 Å². The summed E-state index contributed by atoms with van der Waals surface area (Å²) in [7, 11) is 1.55. The minimum Gasteiger partial charge on any atom is -0.387 e. The maximum Gasteiger partial charge on any atom is 0.472 e. The summed E-state index contributed by atoms with van der Waals surface area (Å²) in [6.07, 6.45) is 66.3. The Balaban J connectivity index is 4.20. The molecular formula is C56H100N2O6P+. The van der Waals surface area contributed by atoms with Gasteiger partial charge in [-0.05, 0) is 77.0 Å². The van der Waals surface area contributed by atoms with E-state index >= 15 is 0 Å². The molecule has 3 N–H and O–H groups in total. The average molecular weight is 928 g/mol. The van der Waals surface area contributed by atoms with E-state index in [1.165, 1.54) is 89.9 Å². The van der Waals surface area contributed by atoms with Gasteiger partial charge in [0, 0.05) is 6.42 Å². The molecule has 0 aliphatic heterocycles. The molecule has 0 rings (SSSR count). The van der Waals surface area contributed by atoms with Crippen molar-refractivity contribution < 1.29 is 32.9 Å². The largest absolute Gasteiger partial charge is 0.472 e. The summed E-state index contributed by atoms with van der Waals surface area (Å²) in [5, 5.41) is 13.8. The van der Waals surface area contributed by atoms with Gasteiger partial charge in [-0.15, -0.1) is 0 Å². The molecule has 0 bridgehead atoms. The van der Waals surface area contributed by atoms with Crippen molar-refractivity contribution in [2.24, 2.45) is 0 Å². The van der Waals surface area contributed by atoms with Crippen LogP contribution in [0.5, 0.6) is 0 Å². The van der Waals surface area contributed by atoms with Crippen LogP contribution in [0.2, 0.25) is 0 Å². The molecule has 0 aromatic heterocycles. The van der Waals surface area contributed by atoms with Crippen molar-refractivity contribution in [3.05, 3.63) is 97.2 Å². The molecule has 9 heteroatoms. The molecule has 1 amide bonds. The monoisotopic (exact) mass is 928 g/mol. The maximum absolute atomic E-state index is 12.9. The number of hydrogen-bond donors (Lipinski definition) is 3. The molecule has 65 heavy (non-hydrogen) atoms. The Kier molecular flexibility index (Phi) is 44.7. The van der Waals surface area contributed by atoms with Crippen LogP contribution in [-0.4, -0.2) is 73.4 Å². The van der Waals surface area contributed by atoms with Crippen LogP contribution in [0, 0.1) is 0 Å². The summed E-state index contributed by atoms with van der Waals surface area (Å²) in [6, 6.07) is -0.855. The topological polar surface area (TPSA) is 105 Å². The predicted molar refractivity (Wildman–Crippen MR) is 281 cm³/mol. The highest BCUT2D eigenvalue weighted by atomic mass is 31.2. The van der Waals surface area contributed by atoms with Crippen molar-refractivity contribution in [1.29, 1.82) is 0 Å². The first-order chi connectivity index (χ1) is 31.5. The number of rotatable bonds is 46. The SMILES string of the molecule is CC/C=C\C/C=C\C/C=C\C/C=C\C/C=C\C/C=C\C/C=C\CCCCCCCCCCCC(=O)NC(COP(=O)(O)OCC[N+](C)(C)C)C(O)/C=C/CCCCCCCCCCCC. The average Bonchev–Trinajstić information content (AvgIpc) is 3.26. The van der Waals surface area contributed by atoms with Gasteiger partial charge >= 0.3 is 7.82 Å². The number of phosphoric ester groups is 1. The Morgan fingerprint density at radius 2 is 0.923 bits per heavy atom. The highest BCUT2D eigenvalue weighted by Crippen LogP contribution is 2.43.